The molecule has 0 amide bonds. The van der Waals surface area contributed by atoms with Crippen LogP contribution < -0.4 is 5.32 Å². The second kappa shape index (κ2) is 6.09. The van der Waals surface area contributed by atoms with Gasteiger partial charge in [-0.25, -0.2) is 0 Å². The maximum absolute atomic E-state index is 6.18. The van der Waals surface area contributed by atoms with Crippen LogP contribution in [0.5, 0.6) is 0 Å². The van der Waals surface area contributed by atoms with Crippen LogP contribution in [0.3, 0.4) is 0 Å². The standard InChI is InChI=1S/C17H29N3O/c1-13-16(14(2)20(3)19-13)12-18-15-7-10-21-17(11-15)8-5-4-6-9-17/h15,18H,4-12H2,1-3H3. The third-order valence-corrected chi connectivity index (χ3v) is 5.48. The van der Waals surface area contributed by atoms with Crippen molar-refractivity contribution in [3.05, 3.63) is 17.0 Å². The highest BCUT2D eigenvalue weighted by molar-refractivity contribution is 5.24. The van der Waals surface area contributed by atoms with Gasteiger partial charge in [0, 0.05) is 37.5 Å². The summed E-state index contributed by atoms with van der Waals surface area (Å²) in [5.41, 5.74) is 3.98. The third-order valence-electron chi connectivity index (χ3n) is 5.48. The van der Waals surface area contributed by atoms with Crippen molar-refractivity contribution in [1.82, 2.24) is 15.1 Å². The monoisotopic (exact) mass is 291 g/mol. The van der Waals surface area contributed by atoms with E-state index in [1.165, 1.54) is 49.8 Å². The summed E-state index contributed by atoms with van der Waals surface area (Å²) in [6.07, 6.45) is 8.91. The SMILES string of the molecule is Cc1nn(C)c(C)c1CNC1CCOC2(CCCCC2)C1. The van der Waals surface area contributed by atoms with Crippen molar-refractivity contribution < 1.29 is 4.74 Å². The molecule has 0 radical (unpaired) electrons. The highest BCUT2D eigenvalue weighted by atomic mass is 16.5. The molecule has 2 fully saturated rings. The minimum Gasteiger partial charge on any atom is -0.375 e. The highest BCUT2D eigenvalue weighted by Crippen LogP contribution is 2.38. The van der Waals surface area contributed by atoms with Gasteiger partial charge in [-0.2, -0.15) is 5.10 Å². The van der Waals surface area contributed by atoms with E-state index in [9.17, 15) is 0 Å². The number of ether oxygens (including phenoxy) is 1. The van der Waals surface area contributed by atoms with Gasteiger partial charge in [0.1, 0.15) is 0 Å². The molecule has 1 spiro atoms. The Kier molecular flexibility index (Phi) is 4.36. The van der Waals surface area contributed by atoms with Crippen LogP contribution in [0.25, 0.3) is 0 Å². The Morgan fingerprint density at radius 1 is 1.29 bits per heavy atom. The molecule has 1 aromatic heterocycles. The zero-order valence-corrected chi connectivity index (χ0v) is 13.7. The number of nitrogens with one attached hydrogen (secondary N) is 1. The van der Waals surface area contributed by atoms with Gasteiger partial charge in [0.15, 0.2) is 0 Å². The molecule has 1 saturated carbocycles. The van der Waals surface area contributed by atoms with E-state index in [1.807, 2.05) is 11.7 Å². The lowest BCUT2D eigenvalue weighted by atomic mass is 9.78. The molecule has 118 valence electrons. The summed E-state index contributed by atoms with van der Waals surface area (Å²) in [5.74, 6) is 0. The Morgan fingerprint density at radius 2 is 2.05 bits per heavy atom. The van der Waals surface area contributed by atoms with Crippen molar-refractivity contribution in [2.45, 2.75) is 77.0 Å². The van der Waals surface area contributed by atoms with Crippen LogP contribution in [0, 0.1) is 13.8 Å². The quantitative estimate of drug-likeness (QED) is 0.930. The molecule has 1 atom stereocenters. The summed E-state index contributed by atoms with van der Waals surface area (Å²) in [7, 11) is 2.03. The Bertz CT molecular complexity index is 483. The summed E-state index contributed by atoms with van der Waals surface area (Å²) < 4.78 is 8.17. The predicted octanol–water partition coefficient (Wildman–Crippen LogP) is 3.01. The zero-order valence-electron chi connectivity index (χ0n) is 13.7. The molecule has 21 heavy (non-hydrogen) atoms. The number of hydrogen-bond donors (Lipinski definition) is 1. The molecule has 1 aromatic rings. The van der Waals surface area contributed by atoms with Gasteiger partial charge in [-0.15, -0.1) is 0 Å². The number of aromatic nitrogens is 2. The molecular formula is C17H29N3O. The van der Waals surface area contributed by atoms with Crippen LogP contribution >= 0.6 is 0 Å². The maximum atomic E-state index is 6.18. The first-order valence-electron chi connectivity index (χ1n) is 8.46. The second-order valence-corrected chi connectivity index (χ2v) is 6.94. The summed E-state index contributed by atoms with van der Waals surface area (Å²) in [6, 6.07) is 0.593. The van der Waals surface area contributed by atoms with Crippen molar-refractivity contribution >= 4 is 0 Å². The maximum Gasteiger partial charge on any atom is 0.0697 e. The first-order valence-corrected chi connectivity index (χ1v) is 8.46. The molecule has 1 N–H and O–H groups in total. The van der Waals surface area contributed by atoms with Crippen LogP contribution in [-0.2, 0) is 18.3 Å². The van der Waals surface area contributed by atoms with Crippen molar-refractivity contribution in [1.29, 1.82) is 0 Å². The Balaban J connectivity index is 1.60. The van der Waals surface area contributed by atoms with Crippen LogP contribution in [0.4, 0.5) is 0 Å². The van der Waals surface area contributed by atoms with Crippen LogP contribution in [0.1, 0.15) is 61.9 Å². The fraction of sp³-hybridized carbons (Fsp3) is 0.824. The van der Waals surface area contributed by atoms with Gasteiger partial charge in [0.2, 0.25) is 0 Å². The topological polar surface area (TPSA) is 39.1 Å². The molecule has 4 heteroatoms. The van der Waals surface area contributed by atoms with E-state index in [1.54, 1.807) is 0 Å². The van der Waals surface area contributed by atoms with E-state index in [4.69, 9.17) is 4.74 Å². The fourth-order valence-electron chi connectivity index (χ4n) is 4.07. The summed E-state index contributed by atoms with van der Waals surface area (Å²) in [5, 5.41) is 8.28. The van der Waals surface area contributed by atoms with Crippen molar-refractivity contribution in [3.63, 3.8) is 0 Å². The van der Waals surface area contributed by atoms with Gasteiger partial charge in [0.25, 0.3) is 0 Å². The van der Waals surface area contributed by atoms with Crippen molar-refractivity contribution in [2.75, 3.05) is 6.61 Å². The molecule has 1 aliphatic heterocycles. The lowest BCUT2D eigenvalue weighted by Gasteiger charge is -2.43. The van der Waals surface area contributed by atoms with Gasteiger partial charge in [-0.05, 0) is 39.5 Å². The van der Waals surface area contributed by atoms with Crippen molar-refractivity contribution in [3.8, 4) is 0 Å². The molecule has 1 saturated heterocycles. The lowest BCUT2D eigenvalue weighted by molar-refractivity contribution is -0.109. The van der Waals surface area contributed by atoms with E-state index in [-0.39, 0.29) is 5.60 Å². The first-order chi connectivity index (χ1) is 10.1. The molecule has 0 bridgehead atoms. The lowest BCUT2D eigenvalue weighted by Crippen LogP contribution is -2.47. The number of nitrogens with zero attached hydrogens (tertiary/aromatic N) is 2. The average Bonchev–Trinajstić information content (AvgIpc) is 2.71. The smallest absolute Gasteiger partial charge is 0.0697 e. The molecule has 1 aliphatic carbocycles. The van der Waals surface area contributed by atoms with E-state index in [0.29, 0.717) is 6.04 Å². The minimum atomic E-state index is 0.188. The summed E-state index contributed by atoms with van der Waals surface area (Å²) in [4.78, 5) is 0. The summed E-state index contributed by atoms with van der Waals surface area (Å²) in [6.45, 7) is 6.12. The average molecular weight is 291 g/mol. The normalized spacial score (nSPS) is 25.4. The first kappa shape index (κ1) is 15.0. The van der Waals surface area contributed by atoms with Crippen molar-refractivity contribution in [2.24, 2.45) is 7.05 Å². The van der Waals surface area contributed by atoms with Crippen LogP contribution in [0.15, 0.2) is 0 Å². The van der Waals surface area contributed by atoms with Gasteiger partial charge < -0.3 is 10.1 Å². The largest absolute Gasteiger partial charge is 0.375 e. The van der Waals surface area contributed by atoms with Gasteiger partial charge in [-0.3, -0.25) is 4.68 Å². The van der Waals surface area contributed by atoms with E-state index in [0.717, 1.165) is 25.3 Å². The molecule has 1 unspecified atom stereocenters. The van der Waals surface area contributed by atoms with Gasteiger partial charge >= 0.3 is 0 Å². The fourth-order valence-corrected chi connectivity index (χ4v) is 4.07. The van der Waals surface area contributed by atoms with Crippen LogP contribution in [-0.4, -0.2) is 28.0 Å². The minimum absolute atomic E-state index is 0.188. The molecule has 4 nitrogen and oxygen atoms in total. The molecule has 0 aromatic carbocycles. The van der Waals surface area contributed by atoms with Gasteiger partial charge in [-0.1, -0.05) is 19.3 Å². The third kappa shape index (κ3) is 3.16. The Hall–Kier alpha value is -0.870. The molecule has 3 rings (SSSR count). The molecule has 2 heterocycles. The highest BCUT2D eigenvalue weighted by Gasteiger charge is 2.38. The Labute approximate surface area is 128 Å². The van der Waals surface area contributed by atoms with Crippen LogP contribution in [0.2, 0.25) is 0 Å². The second-order valence-electron chi connectivity index (χ2n) is 6.94. The molecular weight excluding hydrogens is 262 g/mol. The number of aryl methyl sites for hydroxylation is 2. The predicted molar refractivity (Wildman–Crippen MR) is 84.3 cm³/mol. The molecule has 2 aliphatic rings. The summed E-state index contributed by atoms with van der Waals surface area (Å²) >= 11 is 0. The number of hydrogen-bond acceptors (Lipinski definition) is 3. The number of rotatable bonds is 3. The van der Waals surface area contributed by atoms with E-state index >= 15 is 0 Å². The van der Waals surface area contributed by atoms with Gasteiger partial charge in [0.05, 0.1) is 11.3 Å². The van der Waals surface area contributed by atoms with E-state index < -0.39 is 0 Å². The zero-order chi connectivity index (χ0) is 14.9. The van der Waals surface area contributed by atoms with E-state index in [2.05, 4.69) is 24.3 Å². The Morgan fingerprint density at radius 3 is 2.71 bits per heavy atom.